The molecule has 20 heavy (non-hydrogen) atoms. The first-order valence-electron chi connectivity index (χ1n) is 6.31. The number of rotatable bonds is 6. The van der Waals surface area contributed by atoms with Crippen molar-refractivity contribution in [2.75, 3.05) is 14.2 Å². The molecule has 0 bridgehead atoms. The van der Waals surface area contributed by atoms with Gasteiger partial charge in [0.25, 0.3) is 0 Å². The summed E-state index contributed by atoms with van der Waals surface area (Å²) in [5, 5.41) is 3.13. The van der Waals surface area contributed by atoms with Gasteiger partial charge < -0.3 is 14.8 Å². The highest BCUT2D eigenvalue weighted by molar-refractivity contribution is 5.85. The SMILES string of the molecule is CNCc1ccc(OC)c(OCc2ccccc2)c1.Cl. The highest BCUT2D eigenvalue weighted by atomic mass is 35.5. The summed E-state index contributed by atoms with van der Waals surface area (Å²) in [5.41, 5.74) is 2.31. The third-order valence-corrected chi connectivity index (χ3v) is 2.85. The molecule has 3 nitrogen and oxygen atoms in total. The van der Waals surface area contributed by atoms with Crippen molar-refractivity contribution in [3.8, 4) is 11.5 Å². The third kappa shape index (κ3) is 4.44. The van der Waals surface area contributed by atoms with Crippen LogP contribution in [0, 0.1) is 0 Å². The normalized spacial score (nSPS) is 9.70. The molecule has 0 saturated carbocycles. The summed E-state index contributed by atoms with van der Waals surface area (Å²) in [5.74, 6) is 1.54. The average molecular weight is 294 g/mol. The van der Waals surface area contributed by atoms with Crippen molar-refractivity contribution < 1.29 is 9.47 Å². The molecule has 0 unspecified atom stereocenters. The van der Waals surface area contributed by atoms with E-state index in [1.807, 2.05) is 55.6 Å². The lowest BCUT2D eigenvalue weighted by atomic mass is 10.2. The van der Waals surface area contributed by atoms with Gasteiger partial charge in [-0.1, -0.05) is 36.4 Å². The van der Waals surface area contributed by atoms with Crippen molar-refractivity contribution in [3.05, 3.63) is 59.7 Å². The van der Waals surface area contributed by atoms with Gasteiger partial charge in [0.15, 0.2) is 11.5 Å². The van der Waals surface area contributed by atoms with Gasteiger partial charge in [-0.15, -0.1) is 12.4 Å². The van der Waals surface area contributed by atoms with Crippen LogP contribution in [0.4, 0.5) is 0 Å². The third-order valence-electron chi connectivity index (χ3n) is 2.85. The molecule has 4 heteroatoms. The highest BCUT2D eigenvalue weighted by Gasteiger charge is 2.06. The van der Waals surface area contributed by atoms with Crippen molar-refractivity contribution in [1.29, 1.82) is 0 Å². The van der Waals surface area contributed by atoms with E-state index in [9.17, 15) is 0 Å². The Hall–Kier alpha value is -1.71. The maximum absolute atomic E-state index is 5.85. The largest absolute Gasteiger partial charge is 0.493 e. The minimum Gasteiger partial charge on any atom is -0.493 e. The Morgan fingerprint density at radius 2 is 1.70 bits per heavy atom. The average Bonchev–Trinajstić information content (AvgIpc) is 2.47. The van der Waals surface area contributed by atoms with E-state index < -0.39 is 0 Å². The van der Waals surface area contributed by atoms with E-state index in [0.717, 1.165) is 23.6 Å². The highest BCUT2D eigenvalue weighted by Crippen LogP contribution is 2.28. The molecule has 0 heterocycles. The number of ether oxygens (including phenoxy) is 2. The van der Waals surface area contributed by atoms with Gasteiger partial charge in [0.1, 0.15) is 6.61 Å². The number of methoxy groups -OCH3 is 1. The second kappa shape index (κ2) is 8.46. The van der Waals surface area contributed by atoms with Gasteiger partial charge in [-0.25, -0.2) is 0 Å². The fourth-order valence-electron chi connectivity index (χ4n) is 1.88. The minimum absolute atomic E-state index is 0. The van der Waals surface area contributed by atoms with Crippen LogP contribution in [0.3, 0.4) is 0 Å². The summed E-state index contributed by atoms with van der Waals surface area (Å²) in [6.07, 6.45) is 0. The number of nitrogens with one attached hydrogen (secondary N) is 1. The summed E-state index contributed by atoms with van der Waals surface area (Å²) in [4.78, 5) is 0. The van der Waals surface area contributed by atoms with Crippen molar-refractivity contribution in [3.63, 3.8) is 0 Å². The number of halogens is 1. The Morgan fingerprint density at radius 3 is 2.35 bits per heavy atom. The fraction of sp³-hybridized carbons (Fsp3) is 0.250. The quantitative estimate of drug-likeness (QED) is 0.885. The first-order valence-corrected chi connectivity index (χ1v) is 6.31. The van der Waals surface area contributed by atoms with Crippen LogP contribution in [0.1, 0.15) is 11.1 Å². The predicted octanol–water partition coefficient (Wildman–Crippen LogP) is 3.42. The van der Waals surface area contributed by atoms with Gasteiger partial charge in [0.2, 0.25) is 0 Å². The molecule has 0 saturated heterocycles. The first kappa shape index (κ1) is 16.3. The van der Waals surface area contributed by atoms with E-state index in [4.69, 9.17) is 9.47 Å². The van der Waals surface area contributed by atoms with Crippen molar-refractivity contribution in [2.24, 2.45) is 0 Å². The number of benzene rings is 2. The van der Waals surface area contributed by atoms with Gasteiger partial charge >= 0.3 is 0 Å². The zero-order valence-corrected chi connectivity index (χ0v) is 12.6. The lowest BCUT2D eigenvalue weighted by Gasteiger charge is -2.12. The van der Waals surface area contributed by atoms with E-state index in [1.165, 1.54) is 5.56 Å². The molecular weight excluding hydrogens is 274 g/mol. The molecule has 0 aliphatic heterocycles. The lowest BCUT2D eigenvalue weighted by Crippen LogP contribution is -2.05. The molecule has 0 aliphatic rings. The fourth-order valence-corrected chi connectivity index (χ4v) is 1.88. The lowest BCUT2D eigenvalue weighted by molar-refractivity contribution is 0.284. The molecule has 2 aromatic carbocycles. The molecule has 2 aromatic rings. The van der Waals surface area contributed by atoms with Crippen LogP contribution in [0.5, 0.6) is 11.5 Å². The molecule has 0 spiro atoms. The smallest absolute Gasteiger partial charge is 0.161 e. The van der Waals surface area contributed by atoms with E-state index in [0.29, 0.717) is 6.61 Å². The molecular formula is C16H20ClNO2. The molecule has 0 amide bonds. The Balaban J connectivity index is 0.00000200. The second-order valence-corrected chi connectivity index (χ2v) is 4.29. The van der Waals surface area contributed by atoms with Crippen molar-refractivity contribution in [2.45, 2.75) is 13.2 Å². The maximum atomic E-state index is 5.85. The van der Waals surface area contributed by atoms with Crippen LogP contribution < -0.4 is 14.8 Å². The minimum atomic E-state index is 0. The van der Waals surface area contributed by atoms with E-state index >= 15 is 0 Å². The van der Waals surface area contributed by atoms with Crippen LogP contribution in [0.25, 0.3) is 0 Å². The Morgan fingerprint density at radius 1 is 0.950 bits per heavy atom. The molecule has 0 fully saturated rings. The maximum Gasteiger partial charge on any atom is 0.161 e. The van der Waals surface area contributed by atoms with Crippen LogP contribution in [0.15, 0.2) is 48.5 Å². The molecule has 1 N–H and O–H groups in total. The summed E-state index contributed by atoms with van der Waals surface area (Å²) in [6.45, 7) is 1.35. The summed E-state index contributed by atoms with van der Waals surface area (Å²) in [6, 6.07) is 16.1. The van der Waals surface area contributed by atoms with E-state index in [1.54, 1.807) is 7.11 Å². The summed E-state index contributed by atoms with van der Waals surface area (Å²) >= 11 is 0. The molecule has 0 radical (unpaired) electrons. The molecule has 0 aromatic heterocycles. The standard InChI is InChI=1S/C16H19NO2.ClH/c1-17-11-14-8-9-15(18-2)16(10-14)19-12-13-6-4-3-5-7-13;/h3-10,17H,11-12H2,1-2H3;1H. The summed E-state index contributed by atoms with van der Waals surface area (Å²) in [7, 11) is 3.58. The summed E-state index contributed by atoms with van der Waals surface area (Å²) < 4.78 is 11.2. The van der Waals surface area contributed by atoms with Gasteiger partial charge in [-0.05, 0) is 30.3 Å². The first-order chi connectivity index (χ1) is 9.33. The van der Waals surface area contributed by atoms with Crippen LogP contribution >= 0.6 is 12.4 Å². The van der Waals surface area contributed by atoms with Crippen LogP contribution in [-0.2, 0) is 13.2 Å². The Labute approximate surface area is 126 Å². The predicted molar refractivity (Wildman–Crippen MR) is 83.8 cm³/mol. The zero-order chi connectivity index (χ0) is 13.5. The van der Waals surface area contributed by atoms with Gasteiger partial charge in [-0.3, -0.25) is 0 Å². The van der Waals surface area contributed by atoms with Crippen LogP contribution in [-0.4, -0.2) is 14.2 Å². The number of hydrogen-bond donors (Lipinski definition) is 1. The van der Waals surface area contributed by atoms with Gasteiger partial charge in [0.05, 0.1) is 7.11 Å². The molecule has 0 aliphatic carbocycles. The van der Waals surface area contributed by atoms with E-state index in [2.05, 4.69) is 5.32 Å². The molecule has 0 atom stereocenters. The van der Waals surface area contributed by atoms with Gasteiger partial charge in [-0.2, -0.15) is 0 Å². The number of hydrogen-bond acceptors (Lipinski definition) is 3. The topological polar surface area (TPSA) is 30.5 Å². The van der Waals surface area contributed by atoms with E-state index in [-0.39, 0.29) is 12.4 Å². The monoisotopic (exact) mass is 293 g/mol. The Kier molecular flexibility index (Phi) is 6.91. The Bertz CT molecular complexity index is 517. The second-order valence-electron chi connectivity index (χ2n) is 4.29. The van der Waals surface area contributed by atoms with Crippen LogP contribution in [0.2, 0.25) is 0 Å². The zero-order valence-electron chi connectivity index (χ0n) is 11.8. The van der Waals surface area contributed by atoms with Crippen molar-refractivity contribution >= 4 is 12.4 Å². The van der Waals surface area contributed by atoms with Gasteiger partial charge in [0, 0.05) is 6.54 Å². The van der Waals surface area contributed by atoms with Crippen molar-refractivity contribution in [1.82, 2.24) is 5.32 Å². The molecule has 108 valence electrons. The molecule has 2 rings (SSSR count).